The molecular formula is C16H26F3N5. The van der Waals surface area contributed by atoms with E-state index < -0.39 is 11.9 Å². The summed E-state index contributed by atoms with van der Waals surface area (Å²) in [4.78, 5) is 6.04. The lowest BCUT2D eigenvalue weighted by atomic mass is 10.2. The Morgan fingerprint density at radius 1 is 1.42 bits per heavy atom. The molecule has 0 saturated heterocycles. The smallest absolute Gasteiger partial charge is 0.352 e. The van der Waals surface area contributed by atoms with Gasteiger partial charge in [0.15, 0.2) is 11.7 Å². The number of aromatic nitrogens is 2. The predicted molar refractivity (Wildman–Crippen MR) is 89.7 cm³/mol. The predicted octanol–water partition coefficient (Wildman–Crippen LogP) is 3.19. The molecule has 0 fully saturated rings. The Balaban J connectivity index is 2.56. The molecule has 1 aromatic rings. The van der Waals surface area contributed by atoms with Gasteiger partial charge in [0.05, 0.1) is 0 Å². The van der Waals surface area contributed by atoms with E-state index in [1.807, 2.05) is 18.0 Å². The van der Waals surface area contributed by atoms with Crippen LogP contribution in [-0.4, -0.2) is 41.3 Å². The minimum Gasteiger partial charge on any atom is -0.352 e. The average Bonchev–Trinajstić information content (AvgIpc) is 2.89. The third-order valence-corrected chi connectivity index (χ3v) is 3.59. The fourth-order valence-corrected chi connectivity index (χ4v) is 2.38. The van der Waals surface area contributed by atoms with Gasteiger partial charge in [-0.1, -0.05) is 12.5 Å². The van der Waals surface area contributed by atoms with Gasteiger partial charge in [-0.2, -0.15) is 18.3 Å². The molecule has 0 bridgehead atoms. The highest BCUT2D eigenvalue weighted by Crippen LogP contribution is 2.30. The SMILES string of the molecule is C=CCCCCCN(C)C(=NC)NCc1cn(C)nc1C(F)(F)F. The summed E-state index contributed by atoms with van der Waals surface area (Å²) in [5.41, 5.74) is -0.759. The standard InChI is InChI=1S/C16H26F3N5/c1-5-6-7-8-9-10-23(3)15(20-2)21-11-13-12-24(4)22-14(13)16(17,18)19/h5,12H,1,6-11H2,2-4H3,(H,20,21). The van der Waals surface area contributed by atoms with Crippen molar-refractivity contribution in [2.45, 2.75) is 38.4 Å². The van der Waals surface area contributed by atoms with Crippen LogP contribution in [0.4, 0.5) is 13.2 Å². The van der Waals surface area contributed by atoms with Crippen LogP contribution in [0.1, 0.15) is 36.9 Å². The number of allylic oxidation sites excluding steroid dienone is 1. The topological polar surface area (TPSA) is 45.5 Å². The van der Waals surface area contributed by atoms with E-state index in [0.29, 0.717) is 5.96 Å². The van der Waals surface area contributed by atoms with E-state index in [-0.39, 0.29) is 12.1 Å². The van der Waals surface area contributed by atoms with Crippen LogP contribution in [0, 0.1) is 0 Å². The zero-order valence-electron chi connectivity index (χ0n) is 14.5. The molecule has 0 amide bonds. The largest absolute Gasteiger partial charge is 0.435 e. The number of halogens is 3. The molecule has 5 nitrogen and oxygen atoms in total. The van der Waals surface area contributed by atoms with Gasteiger partial charge in [-0.15, -0.1) is 6.58 Å². The zero-order valence-corrected chi connectivity index (χ0v) is 14.5. The number of hydrogen-bond donors (Lipinski definition) is 1. The minimum absolute atomic E-state index is 0.0240. The van der Waals surface area contributed by atoms with Crippen LogP contribution in [-0.2, 0) is 19.8 Å². The van der Waals surface area contributed by atoms with Gasteiger partial charge in [0.1, 0.15) is 0 Å². The number of hydrogen-bond acceptors (Lipinski definition) is 2. The third-order valence-electron chi connectivity index (χ3n) is 3.59. The molecule has 0 saturated carbocycles. The van der Waals surface area contributed by atoms with Gasteiger partial charge in [-0.05, 0) is 19.3 Å². The number of alkyl halides is 3. The van der Waals surface area contributed by atoms with Crippen molar-refractivity contribution in [3.05, 3.63) is 30.1 Å². The maximum atomic E-state index is 12.9. The molecule has 0 aliphatic rings. The molecular weight excluding hydrogens is 319 g/mol. The molecule has 0 radical (unpaired) electrons. The molecule has 1 N–H and O–H groups in total. The van der Waals surface area contributed by atoms with Gasteiger partial charge in [-0.3, -0.25) is 9.67 Å². The van der Waals surface area contributed by atoms with Crippen molar-refractivity contribution in [2.75, 3.05) is 20.6 Å². The number of unbranched alkanes of at least 4 members (excludes halogenated alkanes) is 3. The third kappa shape index (κ3) is 6.25. The molecule has 24 heavy (non-hydrogen) atoms. The highest BCUT2D eigenvalue weighted by Gasteiger charge is 2.36. The van der Waals surface area contributed by atoms with Gasteiger partial charge >= 0.3 is 6.18 Å². The van der Waals surface area contributed by atoms with Crippen molar-refractivity contribution >= 4 is 5.96 Å². The van der Waals surface area contributed by atoms with Crippen LogP contribution in [0.25, 0.3) is 0 Å². The molecule has 0 aromatic carbocycles. The summed E-state index contributed by atoms with van der Waals surface area (Å²) in [6.07, 6.45) is 2.97. The summed E-state index contributed by atoms with van der Waals surface area (Å²) in [5.74, 6) is 0.565. The number of aliphatic imine (C=N–C) groups is 1. The molecule has 0 spiro atoms. The maximum Gasteiger partial charge on any atom is 0.435 e. The minimum atomic E-state index is -4.46. The lowest BCUT2D eigenvalue weighted by Crippen LogP contribution is -2.39. The summed E-state index contributed by atoms with van der Waals surface area (Å²) < 4.78 is 40.0. The average molecular weight is 345 g/mol. The quantitative estimate of drug-likeness (QED) is 0.341. The summed E-state index contributed by atoms with van der Waals surface area (Å²) in [7, 11) is 4.96. The van der Waals surface area contributed by atoms with Crippen LogP contribution in [0.15, 0.2) is 23.8 Å². The zero-order chi connectivity index (χ0) is 18.2. The number of aryl methyl sites for hydroxylation is 1. The normalized spacial score (nSPS) is 12.3. The van der Waals surface area contributed by atoms with Crippen LogP contribution < -0.4 is 5.32 Å². The van der Waals surface area contributed by atoms with E-state index in [1.54, 1.807) is 7.05 Å². The van der Waals surface area contributed by atoms with Gasteiger partial charge in [0.25, 0.3) is 0 Å². The van der Waals surface area contributed by atoms with Crippen molar-refractivity contribution < 1.29 is 13.2 Å². The molecule has 0 atom stereocenters. The van der Waals surface area contributed by atoms with Crippen molar-refractivity contribution in [2.24, 2.45) is 12.0 Å². The fraction of sp³-hybridized carbons (Fsp3) is 0.625. The molecule has 1 rings (SSSR count). The highest BCUT2D eigenvalue weighted by molar-refractivity contribution is 5.79. The first-order valence-electron chi connectivity index (χ1n) is 7.92. The van der Waals surface area contributed by atoms with Gasteiger partial charge in [-0.25, -0.2) is 0 Å². The summed E-state index contributed by atoms with van der Waals surface area (Å²) in [6.45, 7) is 4.50. The van der Waals surface area contributed by atoms with Crippen LogP contribution in [0.5, 0.6) is 0 Å². The van der Waals surface area contributed by atoms with E-state index >= 15 is 0 Å². The second kappa shape index (κ2) is 9.34. The Morgan fingerprint density at radius 2 is 2.12 bits per heavy atom. The van der Waals surface area contributed by atoms with Crippen molar-refractivity contribution in [1.82, 2.24) is 20.0 Å². The lowest BCUT2D eigenvalue weighted by Gasteiger charge is -2.22. The first-order valence-corrected chi connectivity index (χ1v) is 7.92. The van der Waals surface area contributed by atoms with E-state index in [2.05, 4.69) is 22.0 Å². The first-order chi connectivity index (χ1) is 11.3. The number of guanidine groups is 1. The van der Waals surface area contributed by atoms with E-state index in [0.717, 1.165) is 32.2 Å². The van der Waals surface area contributed by atoms with E-state index in [9.17, 15) is 13.2 Å². The van der Waals surface area contributed by atoms with E-state index in [4.69, 9.17) is 0 Å². The summed E-state index contributed by atoms with van der Waals surface area (Å²) in [5, 5.41) is 6.47. The van der Waals surface area contributed by atoms with E-state index in [1.165, 1.54) is 17.9 Å². The van der Waals surface area contributed by atoms with Crippen molar-refractivity contribution in [3.8, 4) is 0 Å². The maximum absolute atomic E-state index is 12.9. The monoisotopic (exact) mass is 345 g/mol. The fourth-order valence-electron chi connectivity index (χ4n) is 2.38. The second-order valence-corrected chi connectivity index (χ2v) is 5.63. The molecule has 0 unspecified atom stereocenters. The Labute approximate surface area is 141 Å². The molecule has 1 heterocycles. The van der Waals surface area contributed by atoms with Crippen molar-refractivity contribution in [3.63, 3.8) is 0 Å². The lowest BCUT2D eigenvalue weighted by molar-refractivity contribution is -0.142. The molecule has 1 aromatic heterocycles. The first kappa shape index (κ1) is 20.1. The van der Waals surface area contributed by atoms with Gasteiger partial charge < -0.3 is 10.2 Å². The van der Waals surface area contributed by atoms with Crippen LogP contribution >= 0.6 is 0 Å². The van der Waals surface area contributed by atoms with Gasteiger partial charge in [0, 0.05) is 46.0 Å². The Bertz CT molecular complexity index is 548. The molecule has 136 valence electrons. The Hall–Kier alpha value is -1.99. The van der Waals surface area contributed by atoms with Crippen molar-refractivity contribution in [1.29, 1.82) is 0 Å². The number of rotatable bonds is 8. The molecule has 0 aliphatic carbocycles. The highest BCUT2D eigenvalue weighted by atomic mass is 19.4. The second-order valence-electron chi connectivity index (χ2n) is 5.63. The summed E-state index contributed by atoms with van der Waals surface area (Å²) in [6, 6.07) is 0. The number of nitrogens with zero attached hydrogens (tertiary/aromatic N) is 4. The van der Waals surface area contributed by atoms with Crippen LogP contribution in [0.3, 0.4) is 0 Å². The Kier molecular flexibility index (Phi) is 7.81. The molecule has 8 heteroatoms. The van der Waals surface area contributed by atoms with Gasteiger partial charge in [0.2, 0.25) is 0 Å². The number of nitrogens with one attached hydrogen (secondary N) is 1. The molecule has 0 aliphatic heterocycles. The summed E-state index contributed by atoms with van der Waals surface area (Å²) >= 11 is 0. The Morgan fingerprint density at radius 3 is 2.71 bits per heavy atom. The van der Waals surface area contributed by atoms with Crippen LogP contribution in [0.2, 0.25) is 0 Å².